The van der Waals surface area contributed by atoms with Gasteiger partial charge in [0.1, 0.15) is 11.4 Å². The van der Waals surface area contributed by atoms with Gasteiger partial charge >= 0.3 is 0 Å². The average molecular weight is 362 g/mol. The van der Waals surface area contributed by atoms with Crippen LogP contribution in [0.15, 0.2) is 48.7 Å². The minimum absolute atomic E-state index is 0.278. The van der Waals surface area contributed by atoms with Gasteiger partial charge in [0, 0.05) is 11.9 Å². The molecule has 6 heteroatoms. The molecule has 0 saturated heterocycles. The van der Waals surface area contributed by atoms with Crippen LogP contribution in [-0.2, 0) is 0 Å². The van der Waals surface area contributed by atoms with Crippen LogP contribution < -0.4 is 15.4 Å². The smallest absolute Gasteiger partial charge is 0.274 e. The Morgan fingerprint density at radius 1 is 1.04 bits per heavy atom. The van der Waals surface area contributed by atoms with Gasteiger partial charge in [-0.25, -0.2) is 9.97 Å². The van der Waals surface area contributed by atoms with Crippen LogP contribution in [0, 0.1) is 20.8 Å². The van der Waals surface area contributed by atoms with Crippen LogP contribution in [0.5, 0.6) is 5.75 Å². The summed E-state index contributed by atoms with van der Waals surface area (Å²) in [6.45, 7) is 5.97. The third kappa shape index (κ3) is 4.23. The number of nitrogens with one attached hydrogen (secondary N) is 2. The fourth-order valence-electron chi connectivity index (χ4n) is 2.66. The second-order valence-corrected chi connectivity index (χ2v) is 6.30. The maximum absolute atomic E-state index is 12.6. The third-order valence-electron chi connectivity index (χ3n) is 4.34. The van der Waals surface area contributed by atoms with E-state index in [0.717, 1.165) is 28.1 Å². The van der Waals surface area contributed by atoms with Crippen molar-refractivity contribution in [1.82, 2.24) is 9.97 Å². The number of carbonyl (C=O) groups is 1. The summed E-state index contributed by atoms with van der Waals surface area (Å²) < 4.78 is 5.36. The summed E-state index contributed by atoms with van der Waals surface area (Å²) in [5, 5.41) is 6.03. The fourth-order valence-corrected chi connectivity index (χ4v) is 2.66. The summed E-state index contributed by atoms with van der Waals surface area (Å²) in [5.41, 5.74) is 5.01. The lowest BCUT2D eigenvalue weighted by molar-refractivity contribution is 0.102. The first-order valence-electron chi connectivity index (χ1n) is 8.60. The molecule has 3 aromatic rings. The van der Waals surface area contributed by atoms with Gasteiger partial charge in [0.2, 0.25) is 5.95 Å². The van der Waals surface area contributed by atoms with E-state index in [-0.39, 0.29) is 11.6 Å². The number of anilines is 3. The number of benzene rings is 2. The molecular formula is C21H22N4O2. The molecule has 0 aliphatic heterocycles. The first kappa shape index (κ1) is 18.4. The molecule has 0 spiro atoms. The highest BCUT2D eigenvalue weighted by molar-refractivity contribution is 6.03. The third-order valence-corrected chi connectivity index (χ3v) is 4.34. The van der Waals surface area contributed by atoms with Crippen LogP contribution in [-0.4, -0.2) is 23.0 Å². The van der Waals surface area contributed by atoms with Crippen molar-refractivity contribution in [2.24, 2.45) is 0 Å². The predicted octanol–water partition coefficient (Wildman–Crippen LogP) is 4.41. The molecule has 0 bridgehead atoms. The van der Waals surface area contributed by atoms with Gasteiger partial charge in [0.05, 0.1) is 12.8 Å². The van der Waals surface area contributed by atoms with Gasteiger partial charge in [-0.3, -0.25) is 4.79 Å². The fraction of sp³-hybridized carbons (Fsp3) is 0.190. The Balaban J connectivity index is 1.82. The Morgan fingerprint density at radius 2 is 1.85 bits per heavy atom. The zero-order chi connectivity index (χ0) is 19.4. The van der Waals surface area contributed by atoms with Crippen LogP contribution in [0.25, 0.3) is 0 Å². The van der Waals surface area contributed by atoms with Crippen molar-refractivity contribution in [3.8, 4) is 5.75 Å². The second kappa shape index (κ2) is 7.86. The molecule has 0 unspecified atom stereocenters. The molecule has 1 heterocycles. The highest BCUT2D eigenvalue weighted by Gasteiger charge is 2.12. The number of amides is 1. The van der Waals surface area contributed by atoms with Gasteiger partial charge in [0.15, 0.2) is 0 Å². The van der Waals surface area contributed by atoms with Gasteiger partial charge in [-0.05, 0) is 61.7 Å². The molecule has 2 N–H and O–H groups in total. The lowest BCUT2D eigenvalue weighted by Gasteiger charge is -2.12. The van der Waals surface area contributed by atoms with Crippen LogP contribution in [0.3, 0.4) is 0 Å². The van der Waals surface area contributed by atoms with Crippen molar-refractivity contribution in [2.45, 2.75) is 20.8 Å². The molecule has 0 aliphatic rings. The number of aromatic nitrogens is 2. The minimum atomic E-state index is -0.287. The molecule has 0 saturated carbocycles. The summed E-state index contributed by atoms with van der Waals surface area (Å²) in [4.78, 5) is 21.1. The van der Waals surface area contributed by atoms with Crippen LogP contribution in [0.1, 0.15) is 27.2 Å². The van der Waals surface area contributed by atoms with Gasteiger partial charge in [0.25, 0.3) is 5.91 Å². The summed E-state index contributed by atoms with van der Waals surface area (Å²) in [6.07, 6.45) is 1.55. The topological polar surface area (TPSA) is 76.1 Å². The van der Waals surface area contributed by atoms with E-state index in [1.165, 1.54) is 0 Å². The van der Waals surface area contributed by atoms with Gasteiger partial charge < -0.3 is 15.4 Å². The predicted molar refractivity (Wildman–Crippen MR) is 107 cm³/mol. The number of nitrogens with zero attached hydrogens (tertiary/aromatic N) is 2. The number of rotatable bonds is 5. The molecule has 138 valence electrons. The Morgan fingerprint density at radius 3 is 2.63 bits per heavy atom. The molecule has 27 heavy (non-hydrogen) atoms. The number of aryl methyl sites for hydroxylation is 2. The first-order valence-corrected chi connectivity index (χ1v) is 8.60. The molecule has 6 nitrogen and oxygen atoms in total. The maximum atomic E-state index is 12.6. The maximum Gasteiger partial charge on any atom is 0.274 e. The minimum Gasteiger partial charge on any atom is -0.495 e. The molecule has 1 aromatic heterocycles. The van der Waals surface area contributed by atoms with Crippen LogP contribution >= 0.6 is 0 Å². The van der Waals surface area contributed by atoms with Crippen LogP contribution in [0.4, 0.5) is 17.3 Å². The molecular weight excluding hydrogens is 340 g/mol. The molecule has 3 rings (SSSR count). The summed E-state index contributed by atoms with van der Waals surface area (Å²) >= 11 is 0. The van der Waals surface area contributed by atoms with E-state index in [1.54, 1.807) is 19.4 Å². The molecule has 0 atom stereocenters. The molecule has 0 radical (unpaired) electrons. The molecule has 2 aromatic carbocycles. The summed E-state index contributed by atoms with van der Waals surface area (Å²) in [7, 11) is 1.60. The monoisotopic (exact) mass is 362 g/mol. The molecule has 0 fully saturated rings. The highest BCUT2D eigenvalue weighted by Crippen LogP contribution is 2.27. The molecule has 1 amide bonds. The Kier molecular flexibility index (Phi) is 5.35. The van der Waals surface area contributed by atoms with E-state index in [9.17, 15) is 4.79 Å². The first-order chi connectivity index (χ1) is 13.0. The number of ether oxygens (including phenoxy) is 1. The lowest BCUT2D eigenvalue weighted by atomic mass is 10.1. The Labute approximate surface area is 158 Å². The van der Waals surface area contributed by atoms with Gasteiger partial charge in [-0.2, -0.15) is 0 Å². The van der Waals surface area contributed by atoms with E-state index in [0.29, 0.717) is 11.7 Å². The number of carbonyl (C=O) groups excluding carboxylic acids is 1. The van der Waals surface area contributed by atoms with Gasteiger partial charge in [-0.15, -0.1) is 0 Å². The van der Waals surface area contributed by atoms with E-state index in [2.05, 4.69) is 20.6 Å². The standard InChI is InChI=1S/C21H22N4O2/c1-13-8-9-19(27-4)18(12-13)25-21-22-11-10-17(24-21)20(26)23-16-7-5-6-14(2)15(16)3/h5-12H,1-4H3,(H,23,26)(H,22,24,25). The largest absolute Gasteiger partial charge is 0.495 e. The zero-order valence-electron chi connectivity index (χ0n) is 15.8. The number of methoxy groups -OCH3 is 1. The SMILES string of the molecule is COc1ccc(C)cc1Nc1nccc(C(=O)Nc2cccc(C)c2C)n1. The van der Waals surface area contributed by atoms with E-state index >= 15 is 0 Å². The highest BCUT2D eigenvalue weighted by atomic mass is 16.5. The lowest BCUT2D eigenvalue weighted by Crippen LogP contribution is -2.15. The van der Waals surface area contributed by atoms with Crippen molar-refractivity contribution in [1.29, 1.82) is 0 Å². The second-order valence-electron chi connectivity index (χ2n) is 6.30. The number of hydrogen-bond donors (Lipinski definition) is 2. The van der Waals surface area contributed by atoms with E-state index in [4.69, 9.17) is 4.74 Å². The molecule has 0 aliphatic carbocycles. The van der Waals surface area contributed by atoms with Crippen molar-refractivity contribution in [3.05, 3.63) is 71.0 Å². The summed E-state index contributed by atoms with van der Waals surface area (Å²) in [5.74, 6) is 0.715. The Hall–Kier alpha value is -3.41. The van der Waals surface area contributed by atoms with Crippen LogP contribution in [0.2, 0.25) is 0 Å². The quantitative estimate of drug-likeness (QED) is 0.703. The van der Waals surface area contributed by atoms with E-state index in [1.807, 2.05) is 57.2 Å². The van der Waals surface area contributed by atoms with Crippen molar-refractivity contribution in [2.75, 3.05) is 17.7 Å². The van der Waals surface area contributed by atoms with Crippen molar-refractivity contribution >= 4 is 23.2 Å². The van der Waals surface area contributed by atoms with Gasteiger partial charge in [-0.1, -0.05) is 18.2 Å². The Bertz CT molecular complexity index is 986. The average Bonchev–Trinajstić information content (AvgIpc) is 2.66. The van der Waals surface area contributed by atoms with Crippen molar-refractivity contribution in [3.63, 3.8) is 0 Å². The normalized spacial score (nSPS) is 10.4. The van der Waals surface area contributed by atoms with Crippen molar-refractivity contribution < 1.29 is 9.53 Å². The zero-order valence-corrected chi connectivity index (χ0v) is 15.8. The number of hydrogen-bond acceptors (Lipinski definition) is 5. The van der Waals surface area contributed by atoms with E-state index < -0.39 is 0 Å². The summed E-state index contributed by atoms with van der Waals surface area (Å²) in [6, 6.07) is 13.1.